The van der Waals surface area contributed by atoms with Crippen molar-refractivity contribution in [2.45, 2.75) is 199 Å². The van der Waals surface area contributed by atoms with Crippen LogP contribution < -0.4 is 5.32 Å². The van der Waals surface area contributed by atoms with Gasteiger partial charge in [-0.2, -0.15) is 0 Å². The van der Waals surface area contributed by atoms with Crippen molar-refractivity contribution in [3.8, 4) is 0 Å². The molecule has 43 heavy (non-hydrogen) atoms. The number of unbranched alkanes of at least 4 members (excludes halogenated alkanes) is 19. The molecule has 5 N–H and O–H groups in total. The van der Waals surface area contributed by atoms with Crippen LogP contribution in [0.25, 0.3) is 0 Å². The predicted molar refractivity (Wildman–Crippen MR) is 182 cm³/mol. The monoisotopic (exact) mass is 610 g/mol. The number of amides is 1. The van der Waals surface area contributed by atoms with Crippen LogP contribution in [0.1, 0.15) is 174 Å². The zero-order chi connectivity index (χ0) is 31.8. The van der Waals surface area contributed by atoms with Gasteiger partial charge in [-0.05, 0) is 51.4 Å². The molecule has 0 rings (SSSR count). The van der Waals surface area contributed by atoms with Crippen molar-refractivity contribution >= 4 is 5.91 Å². The Morgan fingerprint density at radius 1 is 0.558 bits per heavy atom. The summed E-state index contributed by atoms with van der Waals surface area (Å²) in [7, 11) is 0. The average molecular weight is 610 g/mol. The summed E-state index contributed by atoms with van der Waals surface area (Å²) in [6, 6.07) is -1.00. The normalized spacial score (nSPS) is 14.8. The first kappa shape index (κ1) is 41.8. The molecule has 4 unspecified atom stereocenters. The van der Waals surface area contributed by atoms with E-state index in [4.69, 9.17) is 0 Å². The lowest BCUT2D eigenvalue weighted by molar-refractivity contribution is -0.132. The highest BCUT2D eigenvalue weighted by Crippen LogP contribution is 2.14. The second kappa shape index (κ2) is 32.2. The lowest BCUT2D eigenvalue weighted by Crippen LogP contribution is -2.53. The number of aliphatic hydroxyl groups excluding tert-OH is 4. The molecule has 0 aromatic rings. The van der Waals surface area contributed by atoms with E-state index in [2.05, 4.69) is 43.5 Å². The SMILES string of the molecule is CCCCCCCC/C=C/CC/C=C/CCCC(O)C(O)C(CO)NC(=O)C(O)CCCCCCCCCCCCCC. The molecule has 254 valence electrons. The van der Waals surface area contributed by atoms with Crippen LogP contribution in [0.5, 0.6) is 0 Å². The molecule has 0 saturated carbocycles. The zero-order valence-electron chi connectivity index (χ0n) is 28.2. The minimum atomic E-state index is -1.28. The van der Waals surface area contributed by atoms with Gasteiger partial charge in [0.1, 0.15) is 12.2 Å². The third-order valence-electron chi connectivity index (χ3n) is 8.39. The Kier molecular flexibility index (Phi) is 31.3. The van der Waals surface area contributed by atoms with E-state index in [1.807, 2.05) is 0 Å². The molecule has 0 aliphatic heterocycles. The zero-order valence-corrected chi connectivity index (χ0v) is 28.2. The molecule has 0 spiro atoms. The maximum absolute atomic E-state index is 12.4. The maximum atomic E-state index is 12.4. The topological polar surface area (TPSA) is 110 Å². The Morgan fingerprint density at radius 2 is 0.977 bits per heavy atom. The summed E-state index contributed by atoms with van der Waals surface area (Å²) in [5, 5.41) is 43.3. The van der Waals surface area contributed by atoms with Crippen molar-refractivity contribution in [3.63, 3.8) is 0 Å². The molecule has 0 bridgehead atoms. The number of nitrogens with one attached hydrogen (secondary N) is 1. The first-order valence-corrected chi connectivity index (χ1v) is 18.2. The van der Waals surface area contributed by atoms with E-state index in [9.17, 15) is 25.2 Å². The predicted octanol–water partition coefficient (Wildman–Crippen LogP) is 8.45. The van der Waals surface area contributed by atoms with Crippen molar-refractivity contribution in [3.05, 3.63) is 24.3 Å². The molecule has 0 fully saturated rings. The number of allylic oxidation sites excluding steroid dienone is 4. The second-order valence-electron chi connectivity index (χ2n) is 12.6. The van der Waals surface area contributed by atoms with Gasteiger partial charge >= 0.3 is 0 Å². The molecule has 0 saturated heterocycles. The van der Waals surface area contributed by atoms with E-state index in [-0.39, 0.29) is 0 Å². The first-order valence-electron chi connectivity index (χ1n) is 18.2. The molecule has 6 nitrogen and oxygen atoms in total. The van der Waals surface area contributed by atoms with E-state index in [0.717, 1.165) is 38.5 Å². The molecular formula is C37H71NO5. The lowest BCUT2D eigenvalue weighted by Gasteiger charge is -2.27. The molecule has 0 aromatic heterocycles. The van der Waals surface area contributed by atoms with Gasteiger partial charge in [-0.3, -0.25) is 4.79 Å². The van der Waals surface area contributed by atoms with Crippen LogP contribution in [0.2, 0.25) is 0 Å². The Balaban J connectivity index is 3.91. The largest absolute Gasteiger partial charge is 0.394 e. The minimum absolute atomic E-state index is 0.362. The highest BCUT2D eigenvalue weighted by atomic mass is 16.3. The van der Waals surface area contributed by atoms with Gasteiger partial charge in [-0.1, -0.05) is 147 Å². The van der Waals surface area contributed by atoms with Gasteiger partial charge in [0.2, 0.25) is 5.91 Å². The highest BCUT2D eigenvalue weighted by molar-refractivity contribution is 5.80. The fourth-order valence-electron chi connectivity index (χ4n) is 5.42. The highest BCUT2D eigenvalue weighted by Gasteiger charge is 2.28. The third kappa shape index (κ3) is 26.9. The number of rotatable bonds is 32. The van der Waals surface area contributed by atoms with Crippen molar-refractivity contribution in [2.24, 2.45) is 0 Å². The first-order chi connectivity index (χ1) is 21.0. The second-order valence-corrected chi connectivity index (χ2v) is 12.6. The summed E-state index contributed by atoms with van der Waals surface area (Å²) < 4.78 is 0. The number of carbonyl (C=O) groups is 1. The van der Waals surface area contributed by atoms with Crippen LogP contribution in [0.4, 0.5) is 0 Å². The van der Waals surface area contributed by atoms with Crippen LogP contribution in [-0.4, -0.2) is 57.3 Å². The van der Waals surface area contributed by atoms with Gasteiger partial charge in [-0.25, -0.2) is 0 Å². The number of aliphatic hydroxyl groups is 4. The van der Waals surface area contributed by atoms with Crippen LogP contribution in [0.15, 0.2) is 24.3 Å². The van der Waals surface area contributed by atoms with Crippen molar-refractivity contribution in [1.29, 1.82) is 0 Å². The Labute approximate surface area is 265 Å². The van der Waals surface area contributed by atoms with E-state index >= 15 is 0 Å². The Hall–Kier alpha value is -1.21. The van der Waals surface area contributed by atoms with Gasteiger partial charge in [0.25, 0.3) is 0 Å². The van der Waals surface area contributed by atoms with E-state index in [0.29, 0.717) is 19.3 Å². The molecular weight excluding hydrogens is 538 g/mol. The molecule has 0 aromatic carbocycles. The maximum Gasteiger partial charge on any atom is 0.249 e. The smallest absolute Gasteiger partial charge is 0.249 e. The number of hydrogen-bond acceptors (Lipinski definition) is 5. The van der Waals surface area contributed by atoms with E-state index < -0.39 is 36.9 Å². The summed E-state index contributed by atoms with van der Waals surface area (Å²) >= 11 is 0. The molecule has 0 heterocycles. The van der Waals surface area contributed by atoms with Gasteiger partial charge in [0, 0.05) is 0 Å². The van der Waals surface area contributed by atoms with Crippen LogP contribution >= 0.6 is 0 Å². The van der Waals surface area contributed by atoms with E-state index in [1.54, 1.807) is 0 Å². The number of hydrogen-bond donors (Lipinski definition) is 5. The van der Waals surface area contributed by atoms with Crippen LogP contribution in [-0.2, 0) is 4.79 Å². The number of carbonyl (C=O) groups excluding carboxylic acids is 1. The fourth-order valence-corrected chi connectivity index (χ4v) is 5.42. The summed E-state index contributed by atoms with van der Waals surface area (Å²) in [4.78, 5) is 12.4. The van der Waals surface area contributed by atoms with E-state index in [1.165, 1.54) is 103 Å². The molecule has 0 aliphatic carbocycles. The van der Waals surface area contributed by atoms with Crippen molar-refractivity contribution in [2.75, 3.05) is 6.61 Å². The Bertz CT molecular complexity index is 653. The van der Waals surface area contributed by atoms with Gasteiger partial charge < -0.3 is 25.7 Å². The summed E-state index contributed by atoms with van der Waals surface area (Å²) in [6.07, 6.45) is 33.4. The van der Waals surface area contributed by atoms with Gasteiger partial charge in [0.15, 0.2) is 0 Å². The van der Waals surface area contributed by atoms with Gasteiger partial charge in [-0.15, -0.1) is 0 Å². The third-order valence-corrected chi connectivity index (χ3v) is 8.39. The standard InChI is InChI=1S/C37H71NO5/c1-3-5-7-9-11-13-15-17-18-19-21-22-24-26-28-30-34(40)36(42)33(32-39)38-37(43)35(41)31-29-27-25-23-20-16-14-12-10-8-6-4-2/h17-18,22,24,33-36,39-42H,3-16,19-21,23,25-32H2,1-2H3,(H,38,43)/b18-17+,24-22+. The summed E-state index contributed by atoms with van der Waals surface area (Å²) in [6.45, 7) is 3.99. The molecule has 6 heteroatoms. The van der Waals surface area contributed by atoms with Crippen LogP contribution in [0, 0.1) is 0 Å². The van der Waals surface area contributed by atoms with Crippen molar-refractivity contribution < 1.29 is 25.2 Å². The molecule has 4 atom stereocenters. The lowest BCUT2D eigenvalue weighted by atomic mass is 10.00. The molecule has 0 radical (unpaired) electrons. The Morgan fingerprint density at radius 3 is 1.47 bits per heavy atom. The quantitative estimate of drug-likeness (QED) is 0.0388. The summed E-state index contributed by atoms with van der Waals surface area (Å²) in [5.41, 5.74) is 0. The molecule has 1 amide bonds. The fraction of sp³-hybridized carbons (Fsp3) is 0.865. The minimum Gasteiger partial charge on any atom is -0.394 e. The van der Waals surface area contributed by atoms with Gasteiger partial charge in [0.05, 0.1) is 18.8 Å². The summed E-state index contributed by atoms with van der Waals surface area (Å²) in [5.74, 6) is -0.600. The van der Waals surface area contributed by atoms with Crippen molar-refractivity contribution in [1.82, 2.24) is 5.32 Å². The molecule has 0 aliphatic rings. The van der Waals surface area contributed by atoms with Crippen LogP contribution in [0.3, 0.4) is 0 Å². The average Bonchev–Trinajstić information content (AvgIpc) is 3.01.